The second-order valence-corrected chi connectivity index (χ2v) is 9.93. The number of hydrogen-bond acceptors (Lipinski definition) is 8. The summed E-state index contributed by atoms with van der Waals surface area (Å²) in [5, 5.41) is 45.0. The van der Waals surface area contributed by atoms with Crippen molar-refractivity contribution in [3.8, 4) is 33.6 Å². The monoisotopic (exact) mass is 740 g/mol. The Hall–Kier alpha value is -6.87. The standard InChI is InChI=1S/C28H18N6O8.2BF4/c35-31(36)23-5-7-25(27(17-23)33(39)40)29-13-9-21(10-14-29)19-1-2-20(4-3-19)22-11-15-30(16-12-22)26-8-6-24(32(37)38)18-28(26)34(41)42;2*2-1(3,4)5/h1-18H;;/q+2;2*-1. The molecule has 0 saturated heterocycles. The van der Waals surface area contributed by atoms with Crippen LogP contribution in [0.3, 0.4) is 0 Å². The highest BCUT2D eigenvalue weighted by Crippen LogP contribution is 2.28. The van der Waals surface area contributed by atoms with Gasteiger partial charge in [0.15, 0.2) is 24.8 Å². The van der Waals surface area contributed by atoms with Gasteiger partial charge in [0, 0.05) is 48.5 Å². The first-order valence-corrected chi connectivity index (χ1v) is 13.9. The number of nitrogens with zero attached hydrogens (tertiary/aromatic N) is 6. The predicted molar refractivity (Wildman–Crippen MR) is 167 cm³/mol. The highest BCUT2D eigenvalue weighted by atomic mass is 19.5. The van der Waals surface area contributed by atoms with Crippen LogP contribution in [0.2, 0.25) is 0 Å². The van der Waals surface area contributed by atoms with Crippen molar-refractivity contribution in [2.24, 2.45) is 0 Å². The first-order chi connectivity index (χ1) is 24.1. The van der Waals surface area contributed by atoms with Gasteiger partial charge in [0.25, 0.3) is 22.7 Å². The molecule has 2 aromatic heterocycles. The molecule has 0 radical (unpaired) electrons. The third kappa shape index (κ3) is 11.6. The Morgan fingerprint density at radius 2 is 0.654 bits per heavy atom. The Labute approximate surface area is 284 Å². The zero-order valence-electron chi connectivity index (χ0n) is 25.5. The van der Waals surface area contributed by atoms with Gasteiger partial charge >= 0.3 is 25.9 Å². The number of non-ortho nitro benzene ring substituents is 2. The summed E-state index contributed by atoms with van der Waals surface area (Å²) in [5.74, 6) is 0. The minimum Gasteiger partial charge on any atom is -0.418 e. The summed E-state index contributed by atoms with van der Waals surface area (Å²) in [6.45, 7) is 0. The molecule has 0 N–H and O–H groups in total. The largest absolute Gasteiger partial charge is 0.673 e. The molecular formula is C28H18B2F8N6O8. The zero-order valence-corrected chi connectivity index (χ0v) is 25.5. The molecule has 3 aromatic carbocycles. The van der Waals surface area contributed by atoms with Gasteiger partial charge in [-0.3, -0.25) is 40.5 Å². The van der Waals surface area contributed by atoms with Gasteiger partial charge in [-0.15, -0.1) is 0 Å². The van der Waals surface area contributed by atoms with E-state index in [4.69, 9.17) is 0 Å². The Bertz CT molecular complexity index is 1950. The SMILES string of the molecule is F[B-](F)(F)F.F[B-](F)(F)F.O=[N+]([O-])c1ccc(-[n+]2ccc(-c3ccc(-c4cc[n+](-c5ccc([N+](=O)[O-])cc5[N+](=O)[O-])cc4)cc3)cc2)c([N+](=O)[O-])c1. The van der Waals surface area contributed by atoms with E-state index in [0.29, 0.717) is 0 Å². The van der Waals surface area contributed by atoms with E-state index in [0.717, 1.165) is 34.4 Å². The minimum absolute atomic E-state index is 0.188. The second-order valence-electron chi connectivity index (χ2n) is 9.93. The number of hydrogen-bond donors (Lipinski definition) is 0. The highest BCUT2D eigenvalue weighted by Gasteiger charge is 2.27. The molecule has 0 fully saturated rings. The molecule has 0 aliphatic heterocycles. The van der Waals surface area contributed by atoms with Crippen LogP contribution in [0.5, 0.6) is 0 Å². The Morgan fingerprint density at radius 3 is 0.885 bits per heavy atom. The van der Waals surface area contributed by atoms with Gasteiger partial charge in [0.05, 0.1) is 19.7 Å². The van der Waals surface area contributed by atoms with Crippen molar-refractivity contribution in [2.75, 3.05) is 0 Å². The summed E-state index contributed by atoms with van der Waals surface area (Å²) in [4.78, 5) is 42.3. The summed E-state index contributed by atoms with van der Waals surface area (Å²) in [7, 11) is -12.0. The number of pyridine rings is 2. The molecule has 52 heavy (non-hydrogen) atoms. The molecule has 0 spiro atoms. The normalized spacial score (nSPS) is 10.9. The lowest BCUT2D eigenvalue weighted by Crippen LogP contribution is -2.30. The van der Waals surface area contributed by atoms with E-state index in [-0.39, 0.29) is 22.7 Å². The van der Waals surface area contributed by atoms with E-state index in [1.54, 1.807) is 49.1 Å². The third-order valence-electron chi connectivity index (χ3n) is 6.50. The van der Waals surface area contributed by atoms with E-state index in [9.17, 15) is 75.0 Å². The fraction of sp³-hybridized carbons (Fsp3) is 0. The van der Waals surface area contributed by atoms with Gasteiger partial charge in [0.2, 0.25) is 0 Å². The number of aromatic nitrogens is 2. The number of nitro benzene ring substituents is 4. The van der Waals surface area contributed by atoms with Crippen LogP contribution >= 0.6 is 0 Å². The van der Waals surface area contributed by atoms with Gasteiger partial charge in [-0.1, -0.05) is 24.3 Å². The molecule has 5 aromatic rings. The van der Waals surface area contributed by atoms with E-state index in [2.05, 4.69) is 0 Å². The van der Waals surface area contributed by atoms with Crippen LogP contribution < -0.4 is 9.13 Å². The smallest absolute Gasteiger partial charge is 0.418 e. The maximum absolute atomic E-state index is 11.5. The second kappa shape index (κ2) is 16.2. The molecule has 0 amide bonds. The zero-order chi connectivity index (χ0) is 39.0. The number of rotatable bonds is 8. The minimum atomic E-state index is -6.00. The molecule has 0 atom stereocenters. The summed E-state index contributed by atoms with van der Waals surface area (Å²) < 4.78 is 81.0. The maximum Gasteiger partial charge on any atom is 0.673 e. The van der Waals surface area contributed by atoms with Crippen molar-refractivity contribution in [1.82, 2.24) is 0 Å². The Kier molecular flexibility index (Phi) is 12.3. The van der Waals surface area contributed by atoms with Crippen molar-refractivity contribution in [3.05, 3.63) is 150 Å². The van der Waals surface area contributed by atoms with Crippen LogP contribution in [0.15, 0.2) is 110 Å². The van der Waals surface area contributed by atoms with Crippen LogP contribution in [0.25, 0.3) is 33.6 Å². The summed E-state index contributed by atoms with van der Waals surface area (Å²) in [6.07, 6.45) is 6.52. The van der Waals surface area contributed by atoms with E-state index < -0.39 is 45.6 Å². The van der Waals surface area contributed by atoms with Crippen LogP contribution in [0.4, 0.5) is 57.3 Å². The van der Waals surface area contributed by atoms with Gasteiger partial charge in [-0.2, -0.15) is 9.13 Å². The molecule has 5 rings (SSSR count). The maximum atomic E-state index is 11.5. The Morgan fingerprint density at radius 1 is 0.404 bits per heavy atom. The summed E-state index contributed by atoms with van der Waals surface area (Å²) in [5.41, 5.74) is 2.26. The first kappa shape index (κ1) is 39.6. The average molecular weight is 740 g/mol. The lowest BCUT2D eigenvalue weighted by Gasteiger charge is -2.05. The van der Waals surface area contributed by atoms with Crippen molar-refractivity contribution >= 4 is 37.3 Å². The van der Waals surface area contributed by atoms with Gasteiger partial charge in [0.1, 0.15) is 12.1 Å². The summed E-state index contributed by atoms with van der Waals surface area (Å²) in [6, 6.07) is 21.6. The van der Waals surface area contributed by atoms with Crippen molar-refractivity contribution in [3.63, 3.8) is 0 Å². The first-order valence-electron chi connectivity index (χ1n) is 13.9. The number of benzene rings is 3. The van der Waals surface area contributed by atoms with Crippen molar-refractivity contribution in [1.29, 1.82) is 0 Å². The van der Waals surface area contributed by atoms with Crippen molar-refractivity contribution in [2.45, 2.75) is 0 Å². The van der Waals surface area contributed by atoms with Gasteiger partial charge in [-0.05, 0) is 22.3 Å². The third-order valence-corrected chi connectivity index (χ3v) is 6.50. The van der Waals surface area contributed by atoms with Crippen molar-refractivity contribution < 1.29 is 63.4 Å². The fourth-order valence-electron chi connectivity index (χ4n) is 4.39. The number of nitro groups is 4. The summed E-state index contributed by atoms with van der Waals surface area (Å²) >= 11 is 0. The molecule has 14 nitrogen and oxygen atoms in total. The van der Waals surface area contributed by atoms with E-state index in [1.807, 2.05) is 24.3 Å². The fourth-order valence-corrected chi connectivity index (χ4v) is 4.39. The topological polar surface area (TPSA) is 180 Å². The molecule has 0 aliphatic rings. The van der Waals surface area contributed by atoms with E-state index >= 15 is 0 Å². The highest BCUT2D eigenvalue weighted by molar-refractivity contribution is 6.50. The molecular weight excluding hydrogens is 722 g/mol. The van der Waals surface area contributed by atoms with Crippen LogP contribution in [0, 0.1) is 40.5 Å². The van der Waals surface area contributed by atoms with Crippen LogP contribution in [-0.4, -0.2) is 34.2 Å². The van der Waals surface area contributed by atoms with Crippen LogP contribution in [0.1, 0.15) is 0 Å². The molecule has 0 saturated carbocycles. The van der Waals surface area contributed by atoms with E-state index in [1.165, 1.54) is 33.4 Å². The number of halogens is 8. The molecule has 24 heteroatoms. The predicted octanol–water partition coefficient (Wildman–Crippen LogP) is 7.81. The van der Waals surface area contributed by atoms with Crippen LogP contribution in [-0.2, 0) is 0 Å². The molecule has 0 bridgehead atoms. The molecule has 2 heterocycles. The quantitative estimate of drug-likeness (QED) is 0.0508. The lowest BCUT2D eigenvalue weighted by molar-refractivity contribution is -0.601. The average Bonchev–Trinajstić information content (AvgIpc) is 3.06. The molecule has 270 valence electrons. The Balaban J connectivity index is 0.000000644. The molecule has 0 unspecified atom stereocenters. The van der Waals surface area contributed by atoms with Gasteiger partial charge in [-0.25, -0.2) is 0 Å². The van der Waals surface area contributed by atoms with Gasteiger partial charge < -0.3 is 34.5 Å². The lowest BCUT2D eigenvalue weighted by atomic mass is 10.0. The molecule has 0 aliphatic carbocycles.